The summed E-state index contributed by atoms with van der Waals surface area (Å²) in [5.41, 5.74) is 0.865. The van der Waals surface area contributed by atoms with Gasteiger partial charge >= 0.3 is 11.7 Å². The lowest BCUT2D eigenvalue weighted by molar-refractivity contribution is -1.22. The number of quaternary nitrogens is 1. The second-order valence-corrected chi connectivity index (χ2v) is 6.18. The Labute approximate surface area is 130 Å². The van der Waals surface area contributed by atoms with Crippen LogP contribution in [0.5, 0.6) is 0 Å². The van der Waals surface area contributed by atoms with E-state index in [9.17, 15) is 9.70 Å². The summed E-state index contributed by atoms with van der Waals surface area (Å²) in [6.45, 7) is 5.83. The fourth-order valence-electron chi connectivity index (χ4n) is 3.47. The smallest absolute Gasteiger partial charge is 0.277 e. The summed E-state index contributed by atoms with van der Waals surface area (Å²) < 4.78 is -0.248. The molecule has 120 valence electrons. The number of aliphatic imine (C=N–C) groups is 1. The van der Waals surface area contributed by atoms with Gasteiger partial charge in [0.15, 0.2) is 16.5 Å². The standard InChI is InChI=1S/C15H25N5O2/c1-3-5-7-12-15(21)20(8-6-4-2)14(18-12)11-9-16-10-17-13(11)19(20)22/h12,16-17H,3-10H2,1-2H3/q+2. The molecule has 7 nitrogen and oxygen atoms in total. The van der Waals surface area contributed by atoms with Gasteiger partial charge < -0.3 is 0 Å². The van der Waals surface area contributed by atoms with E-state index in [0.29, 0.717) is 31.4 Å². The molecule has 0 aromatic heterocycles. The van der Waals surface area contributed by atoms with Crippen molar-refractivity contribution in [3.8, 4) is 0 Å². The van der Waals surface area contributed by atoms with E-state index in [1.807, 2.05) is 0 Å². The molecule has 3 heterocycles. The van der Waals surface area contributed by atoms with Crippen molar-refractivity contribution in [2.75, 3.05) is 19.8 Å². The van der Waals surface area contributed by atoms with Gasteiger partial charge in [-0.05, 0) is 15.9 Å². The normalized spacial score (nSPS) is 30.3. The van der Waals surface area contributed by atoms with E-state index < -0.39 is 0 Å². The van der Waals surface area contributed by atoms with Crippen LogP contribution in [0, 0.1) is 4.91 Å². The third-order valence-electron chi connectivity index (χ3n) is 4.68. The van der Waals surface area contributed by atoms with Crippen molar-refractivity contribution < 1.29 is 14.3 Å². The highest BCUT2D eigenvalue weighted by Gasteiger charge is 2.68. The van der Waals surface area contributed by atoms with Crippen LogP contribution < -0.4 is 10.6 Å². The number of fused-ring (bicyclic) bond motifs is 2. The molecule has 2 atom stereocenters. The Hall–Kier alpha value is -1.60. The van der Waals surface area contributed by atoms with Crippen molar-refractivity contribution in [2.45, 2.75) is 52.0 Å². The third kappa shape index (κ3) is 2.03. The van der Waals surface area contributed by atoms with Gasteiger partial charge in [0.05, 0.1) is 0 Å². The Bertz CT molecular complexity index is 568. The molecule has 2 N–H and O–H groups in total. The zero-order chi connectivity index (χ0) is 15.7. The zero-order valence-corrected chi connectivity index (χ0v) is 13.4. The topological polar surface area (TPSA) is 73.6 Å². The van der Waals surface area contributed by atoms with E-state index in [1.54, 1.807) is 0 Å². The van der Waals surface area contributed by atoms with Gasteiger partial charge in [-0.15, -0.1) is 0 Å². The van der Waals surface area contributed by atoms with Crippen LogP contribution in [0.15, 0.2) is 16.4 Å². The number of amides is 1. The number of carbonyl (C=O) groups is 1. The molecule has 3 aliphatic heterocycles. The Balaban J connectivity index is 1.99. The minimum absolute atomic E-state index is 0.0527. The van der Waals surface area contributed by atoms with Gasteiger partial charge in [-0.1, -0.05) is 33.1 Å². The highest BCUT2D eigenvalue weighted by molar-refractivity contribution is 6.05. The minimum atomic E-state index is -0.362. The molecular weight excluding hydrogens is 282 g/mol. The lowest BCUT2D eigenvalue weighted by atomic mass is 10.1. The fraction of sp³-hybridized carbons (Fsp3) is 0.733. The SMILES string of the molecule is CCCCC1N=C2C3=C(NCNC3)[N+](=O)[N+]2(CCCC)C1=O. The molecule has 0 radical (unpaired) electrons. The van der Waals surface area contributed by atoms with Crippen molar-refractivity contribution in [3.05, 3.63) is 16.3 Å². The summed E-state index contributed by atoms with van der Waals surface area (Å²) in [6.07, 6.45) is 4.51. The number of amidine groups is 1. The average Bonchev–Trinajstić information content (AvgIpc) is 2.96. The minimum Gasteiger partial charge on any atom is -0.277 e. The predicted molar refractivity (Wildman–Crippen MR) is 82.4 cm³/mol. The van der Waals surface area contributed by atoms with E-state index in [2.05, 4.69) is 29.5 Å². The summed E-state index contributed by atoms with van der Waals surface area (Å²) in [5, 5.41) is 6.27. The van der Waals surface area contributed by atoms with Crippen LogP contribution in [0.3, 0.4) is 0 Å². The van der Waals surface area contributed by atoms with Gasteiger partial charge in [0, 0.05) is 13.0 Å². The lowest BCUT2D eigenvalue weighted by Gasteiger charge is -2.20. The highest BCUT2D eigenvalue weighted by atomic mass is 16.4. The van der Waals surface area contributed by atoms with Crippen LogP contribution >= 0.6 is 0 Å². The molecule has 3 rings (SSSR count). The average molecular weight is 307 g/mol. The lowest BCUT2D eigenvalue weighted by Crippen LogP contribution is -2.58. The first-order valence-electron chi connectivity index (χ1n) is 8.33. The number of unbranched alkanes of at least 4 members (excludes halogenated alkanes) is 2. The van der Waals surface area contributed by atoms with Crippen LogP contribution in [0.25, 0.3) is 0 Å². The number of hydrogen-bond acceptors (Lipinski definition) is 5. The first-order valence-corrected chi connectivity index (χ1v) is 8.33. The predicted octanol–water partition coefficient (Wildman–Crippen LogP) is 1.17. The van der Waals surface area contributed by atoms with Crippen LogP contribution in [-0.4, -0.2) is 47.0 Å². The van der Waals surface area contributed by atoms with Gasteiger partial charge in [0.2, 0.25) is 0 Å². The Morgan fingerprint density at radius 1 is 1.32 bits per heavy atom. The van der Waals surface area contributed by atoms with E-state index >= 15 is 0 Å². The second kappa shape index (κ2) is 5.89. The Morgan fingerprint density at radius 3 is 2.82 bits per heavy atom. The third-order valence-corrected chi connectivity index (χ3v) is 4.68. The first-order chi connectivity index (χ1) is 10.7. The highest BCUT2D eigenvalue weighted by Crippen LogP contribution is 2.36. The van der Waals surface area contributed by atoms with Gasteiger partial charge in [-0.25, -0.2) is 9.79 Å². The fourth-order valence-corrected chi connectivity index (χ4v) is 3.47. The van der Waals surface area contributed by atoms with Crippen molar-refractivity contribution in [1.82, 2.24) is 10.6 Å². The maximum atomic E-state index is 13.0. The number of hydrogen-bond donors (Lipinski definition) is 2. The van der Waals surface area contributed by atoms with Crippen molar-refractivity contribution >= 4 is 11.7 Å². The molecule has 0 bridgehead atoms. The largest absolute Gasteiger partial charge is 0.389 e. The number of carbonyl (C=O) groups excluding carboxylic acids is 1. The molecule has 0 spiro atoms. The van der Waals surface area contributed by atoms with E-state index in [1.165, 1.54) is 0 Å². The zero-order valence-electron chi connectivity index (χ0n) is 13.4. The maximum absolute atomic E-state index is 13.0. The molecule has 0 saturated carbocycles. The molecule has 0 saturated heterocycles. The van der Waals surface area contributed by atoms with Crippen LogP contribution in [0.1, 0.15) is 46.0 Å². The maximum Gasteiger partial charge on any atom is 0.389 e. The summed E-state index contributed by atoms with van der Waals surface area (Å²) >= 11 is 0. The summed E-state index contributed by atoms with van der Waals surface area (Å²) in [4.78, 5) is 31.5. The number of nitroso groups, excluding NO2 is 1. The molecule has 22 heavy (non-hydrogen) atoms. The molecule has 3 aliphatic rings. The Morgan fingerprint density at radius 2 is 2.09 bits per heavy atom. The molecule has 0 fully saturated rings. The van der Waals surface area contributed by atoms with Crippen LogP contribution in [0.4, 0.5) is 0 Å². The summed E-state index contributed by atoms with van der Waals surface area (Å²) in [7, 11) is 0. The summed E-state index contributed by atoms with van der Waals surface area (Å²) in [6, 6.07) is -0.362. The van der Waals surface area contributed by atoms with Gasteiger partial charge in [0.25, 0.3) is 5.84 Å². The quantitative estimate of drug-likeness (QED) is 0.571. The monoisotopic (exact) mass is 307 g/mol. The molecule has 1 amide bonds. The summed E-state index contributed by atoms with van der Waals surface area (Å²) in [5.74, 6) is 1.14. The second-order valence-electron chi connectivity index (χ2n) is 6.18. The van der Waals surface area contributed by atoms with Crippen molar-refractivity contribution in [3.63, 3.8) is 0 Å². The molecular formula is C15H25N5O2+2. The van der Waals surface area contributed by atoms with Crippen LogP contribution in [-0.2, 0) is 4.79 Å². The van der Waals surface area contributed by atoms with Gasteiger partial charge in [-0.3, -0.25) is 10.6 Å². The van der Waals surface area contributed by atoms with Crippen LogP contribution in [0.2, 0.25) is 0 Å². The first kappa shape index (κ1) is 15.3. The molecule has 0 aromatic rings. The van der Waals surface area contributed by atoms with Crippen molar-refractivity contribution in [2.24, 2.45) is 4.99 Å². The molecule has 7 heteroatoms. The molecule has 0 aliphatic carbocycles. The van der Waals surface area contributed by atoms with E-state index in [4.69, 9.17) is 0 Å². The molecule has 2 unspecified atom stereocenters. The number of rotatable bonds is 6. The van der Waals surface area contributed by atoms with E-state index in [-0.39, 0.29) is 16.5 Å². The molecule has 0 aromatic carbocycles. The number of nitrogens with zero attached hydrogens (tertiary/aromatic N) is 3. The number of nitrogens with one attached hydrogen (secondary N) is 2. The van der Waals surface area contributed by atoms with Gasteiger partial charge in [0.1, 0.15) is 13.2 Å². The van der Waals surface area contributed by atoms with Gasteiger partial charge in [-0.2, -0.15) is 0 Å². The Kier molecular flexibility index (Phi) is 4.10. The van der Waals surface area contributed by atoms with Crippen molar-refractivity contribution in [1.29, 1.82) is 0 Å². The van der Waals surface area contributed by atoms with E-state index in [0.717, 1.165) is 42.5 Å².